The number of oxime groups is 1. The zero-order valence-corrected chi connectivity index (χ0v) is 12.6. The highest BCUT2D eigenvalue weighted by Gasteiger charge is 2.00. The van der Waals surface area contributed by atoms with Gasteiger partial charge in [-0.15, -0.1) is 0 Å². The van der Waals surface area contributed by atoms with E-state index >= 15 is 0 Å². The molecule has 22 heavy (non-hydrogen) atoms. The zero-order valence-electron chi connectivity index (χ0n) is 11.8. The summed E-state index contributed by atoms with van der Waals surface area (Å²) in [5.74, 6) is 0.590. The lowest BCUT2D eigenvalue weighted by Crippen LogP contribution is -2.14. The second kappa shape index (κ2) is 8.24. The first kappa shape index (κ1) is 16.1. The number of amidine groups is 1. The normalized spacial score (nSPS) is 11.3. The van der Waals surface area contributed by atoms with Crippen LogP contribution in [0, 0.1) is 5.82 Å². The van der Waals surface area contributed by atoms with Crippen LogP contribution < -0.4 is 10.5 Å². The lowest BCUT2D eigenvalue weighted by molar-refractivity contribution is 0.127. The lowest BCUT2D eigenvalue weighted by atomic mass is 10.2. The maximum Gasteiger partial charge on any atom is 0.170 e. The maximum atomic E-state index is 12.7. The summed E-state index contributed by atoms with van der Waals surface area (Å²) in [7, 11) is 0. The fourth-order valence-electron chi connectivity index (χ4n) is 1.66. The Bertz CT molecular complexity index is 632. The van der Waals surface area contributed by atoms with Crippen LogP contribution in [0.1, 0.15) is 12.0 Å². The number of nitrogens with zero attached hydrogens (tertiary/aromatic N) is 1. The third-order valence-electron chi connectivity index (χ3n) is 2.75. The Morgan fingerprint density at radius 2 is 1.91 bits per heavy atom. The Balaban J connectivity index is 1.68. The van der Waals surface area contributed by atoms with Crippen LogP contribution in [0.4, 0.5) is 4.39 Å². The second-order valence-electron chi connectivity index (χ2n) is 4.48. The molecule has 4 nitrogen and oxygen atoms in total. The Kier molecular flexibility index (Phi) is 6.03. The van der Waals surface area contributed by atoms with Gasteiger partial charge < -0.3 is 15.3 Å². The first-order valence-electron chi connectivity index (χ1n) is 6.75. The Morgan fingerprint density at radius 3 is 2.64 bits per heavy atom. The van der Waals surface area contributed by atoms with E-state index in [4.69, 9.17) is 26.9 Å². The molecule has 116 valence electrons. The number of ether oxygens (including phenoxy) is 1. The number of halogens is 2. The summed E-state index contributed by atoms with van der Waals surface area (Å²) in [4.78, 5) is 5.13. The summed E-state index contributed by atoms with van der Waals surface area (Å²) in [6, 6.07) is 12.9. The van der Waals surface area contributed by atoms with Gasteiger partial charge in [0, 0.05) is 17.0 Å². The van der Waals surface area contributed by atoms with E-state index in [1.165, 1.54) is 12.1 Å². The highest BCUT2D eigenvalue weighted by atomic mass is 35.5. The van der Waals surface area contributed by atoms with E-state index in [1.54, 1.807) is 36.4 Å². The highest BCUT2D eigenvalue weighted by Crippen LogP contribution is 2.11. The molecule has 2 aromatic carbocycles. The number of nitrogens with two attached hydrogens (primary N) is 1. The van der Waals surface area contributed by atoms with Crippen LogP contribution in [0.15, 0.2) is 53.7 Å². The molecule has 0 amide bonds. The van der Waals surface area contributed by atoms with E-state index < -0.39 is 0 Å². The van der Waals surface area contributed by atoms with E-state index in [9.17, 15) is 4.39 Å². The number of benzene rings is 2. The van der Waals surface area contributed by atoms with Crippen molar-refractivity contribution in [3.63, 3.8) is 0 Å². The molecule has 0 aliphatic heterocycles. The molecule has 0 bridgehead atoms. The molecule has 0 saturated heterocycles. The van der Waals surface area contributed by atoms with Gasteiger partial charge in [-0.2, -0.15) is 0 Å². The van der Waals surface area contributed by atoms with E-state index in [0.29, 0.717) is 36.0 Å². The lowest BCUT2D eigenvalue weighted by Gasteiger charge is -2.06. The van der Waals surface area contributed by atoms with Crippen molar-refractivity contribution in [3.05, 3.63) is 64.9 Å². The predicted octanol–water partition coefficient (Wildman–Crippen LogP) is 3.59. The average molecular weight is 323 g/mol. The molecular formula is C16H16ClFN2O2. The van der Waals surface area contributed by atoms with Gasteiger partial charge in [0.15, 0.2) is 5.84 Å². The van der Waals surface area contributed by atoms with Crippen molar-refractivity contribution in [2.75, 3.05) is 13.2 Å². The van der Waals surface area contributed by atoms with Crippen molar-refractivity contribution in [3.8, 4) is 5.75 Å². The second-order valence-corrected chi connectivity index (χ2v) is 4.91. The molecule has 0 fully saturated rings. The van der Waals surface area contributed by atoms with Gasteiger partial charge in [-0.3, -0.25) is 0 Å². The molecule has 0 unspecified atom stereocenters. The van der Waals surface area contributed by atoms with Gasteiger partial charge in [-0.05, 0) is 36.4 Å². The molecule has 0 aliphatic rings. The number of hydrogen-bond acceptors (Lipinski definition) is 3. The molecule has 0 radical (unpaired) electrons. The fourth-order valence-corrected chi connectivity index (χ4v) is 1.85. The topological polar surface area (TPSA) is 56.8 Å². The third kappa shape index (κ3) is 5.26. The van der Waals surface area contributed by atoms with Crippen LogP contribution in [0.5, 0.6) is 5.75 Å². The van der Waals surface area contributed by atoms with Crippen molar-refractivity contribution < 1.29 is 14.0 Å². The molecule has 0 spiro atoms. The molecule has 2 rings (SSSR count). The quantitative estimate of drug-likeness (QED) is 0.367. The minimum atomic E-state index is -0.290. The van der Waals surface area contributed by atoms with Crippen LogP contribution in [-0.4, -0.2) is 19.0 Å². The summed E-state index contributed by atoms with van der Waals surface area (Å²) >= 11 is 5.87. The molecule has 0 saturated carbocycles. The van der Waals surface area contributed by atoms with Crippen molar-refractivity contribution in [2.45, 2.75) is 6.42 Å². The summed E-state index contributed by atoms with van der Waals surface area (Å²) in [6.07, 6.45) is 0.629. The predicted molar refractivity (Wildman–Crippen MR) is 84.6 cm³/mol. The van der Waals surface area contributed by atoms with Crippen LogP contribution in [-0.2, 0) is 4.84 Å². The monoisotopic (exact) mass is 322 g/mol. The third-order valence-corrected chi connectivity index (χ3v) is 2.98. The summed E-state index contributed by atoms with van der Waals surface area (Å²) in [6.45, 7) is 0.806. The van der Waals surface area contributed by atoms with Gasteiger partial charge in [-0.1, -0.05) is 28.9 Å². The fraction of sp³-hybridized carbons (Fsp3) is 0.188. The summed E-state index contributed by atoms with van der Waals surface area (Å²) in [5.41, 5.74) is 6.49. The Morgan fingerprint density at radius 1 is 1.14 bits per heavy atom. The first-order valence-corrected chi connectivity index (χ1v) is 7.12. The van der Waals surface area contributed by atoms with Gasteiger partial charge in [0.25, 0.3) is 0 Å². The molecule has 2 N–H and O–H groups in total. The summed E-state index contributed by atoms with van der Waals surface area (Å²) < 4.78 is 18.1. The van der Waals surface area contributed by atoms with Crippen molar-refractivity contribution >= 4 is 17.4 Å². The first-order chi connectivity index (χ1) is 10.6. The van der Waals surface area contributed by atoms with Gasteiger partial charge in [-0.25, -0.2) is 4.39 Å². The molecule has 0 heterocycles. The van der Waals surface area contributed by atoms with Crippen molar-refractivity contribution in [1.29, 1.82) is 0 Å². The zero-order chi connectivity index (χ0) is 15.8. The van der Waals surface area contributed by atoms with E-state index in [-0.39, 0.29) is 11.7 Å². The van der Waals surface area contributed by atoms with Crippen LogP contribution in [0.2, 0.25) is 5.02 Å². The minimum Gasteiger partial charge on any atom is -0.493 e. The van der Waals surface area contributed by atoms with E-state index in [1.807, 2.05) is 0 Å². The van der Waals surface area contributed by atoms with E-state index in [2.05, 4.69) is 5.16 Å². The van der Waals surface area contributed by atoms with Gasteiger partial charge in [0.2, 0.25) is 0 Å². The maximum absolute atomic E-state index is 12.7. The van der Waals surface area contributed by atoms with Crippen LogP contribution in [0.3, 0.4) is 0 Å². The van der Waals surface area contributed by atoms with Crippen LogP contribution >= 0.6 is 11.6 Å². The Hall–Kier alpha value is -2.27. The van der Waals surface area contributed by atoms with Crippen molar-refractivity contribution in [1.82, 2.24) is 0 Å². The molecule has 0 atom stereocenters. The number of rotatable bonds is 7. The molecule has 6 heteroatoms. The molecule has 0 aromatic heterocycles. The standard InChI is InChI=1S/C16H16ClFN2O2/c17-13-4-1-3-12(11-13)16(19)20-22-10-2-9-21-15-7-5-14(18)6-8-15/h1,3-8,11H,2,9-10H2,(H2,19,20). The van der Waals surface area contributed by atoms with E-state index in [0.717, 1.165) is 0 Å². The Labute approximate surface area is 133 Å². The van der Waals surface area contributed by atoms with Gasteiger partial charge in [0.1, 0.15) is 18.2 Å². The molecule has 0 aliphatic carbocycles. The van der Waals surface area contributed by atoms with Gasteiger partial charge >= 0.3 is 0 Å². The number of hydrogen-bond donors (Lipinski definition) is 1. The molecule has 2 aromatic rings. The summed E-state index contributed by atoms with van der Waals surface area (Å²) in [5, 5.41) is 4.41. The minimum absolute atomic E-state index is 0.266. The van der Waals surface area contributed by atoms with Crippen LogP contribution in [0.25, 0.3) is 0 Å². The highest BCUT2D eigenvalue weighted by molar-refractivity contribution is 6.31. The SMILES string of the molecule is N/C(=N/OCCCOc1ccc(F)cc1)c1cccc(Cl)c1. The largest absolute Gasteiger partial charge is 0.493 e. The molecular weight excluding hydrogens is 307 g/mol. The average Bonchev–Trinajstić information content (AvgIpc) is 2.52. The van der Waals surface area contributed by atoms with Gasteiger partial charge in [0.05, 0.1) is 6.61 Å². The smallest absolute Gasteiger partial charge is 0.170 e. The van der Waals surface area contributed by atoms with Crippen molar-refractivity contribution in [2.24, 2.45) is 10.9 Å².